The summed E-state index contributed by atoms with van der Waals surface area (Å²) < 4.78 is 5.34. The molecular formula is C25H46NPTi. The van der Waals surface area contributed by atoms with E-state index in [0.29, 0.717) is 0 Å². The number of rotatable bonds is 10. The predicted molar refractivity (Wildman–Crippen MR) is 129 cm³/mol. The minimum Gasteiger partial charge on any atom is -0.272 e. The Labute approximate surface area is 192 Å². The Morgan fingerprint density at radius 2 is 1.29 bits per heavy atom. The predicted octanol–water partition coefficient (Wildman–Crippen LogP) is 8.92. The Balaban J connectivity index is 0. The van der Waals surface area contributed by atoms with E-state index in [9.17, 15) is 0 Å². The molecule has 0 saturated heterocycles. The molecule has 0 bridgehead atoms. The van der Waals surface area contributed by atoms with Gasteiger partial charge in [-0.3, -0.25) is 4.74 Å². The zero-order valence-electron chi connectivity index (χ0n) is 19.9. The molecule has 0 fully saturated rings. The van der Waals surface area contributed by atoms with E-state index in [0.717, 1.165) is 37.0 Å². The van der Waals surface area contributed by atoms with Crippen LogP contribution in [0, 0.1) is 17.8 Å². The van der Waals surface area contributed by atoms with Crippen molar-refractivity contribution in [2.24, 2.45) is 22.5 Å². The molecule has 0 aromatic rings. The van der Waals surface area contributed by atoms with Gasteiger partial charge in [0.2, 0.25) is 0 Å². The van der Waals surface area contributed by atoms with Crippen molar-refractivity contribution in [1.82, 2.24) is 0 Å². The van der Waals surface area contributed by atoms with Crippen LogP contribution in [0.5, 0.6) is 0 Å². The van der Waals surface area contributed by atoms with E-state index in [2.05, 4.69) is 97.9 Å². The first-order chi connectivity index (χ1) is 12.7. The summed E-state index contributed by atoms with van der Waals surface area (Å²) in [5.74, 6) is 2.26. The standard InChI is InChI=1S/C17H32NP.C8H14.Ti/c1-14(2)11-19(12-15(3)4,13-16(5)6)18-17-9-7-8-10-17;1-3-5-7-8-6-4-2;/h7-9,14-16H,10-13H2,1-6H3;5-8H,3-4H2,1-2H3;. The van der Waals surface area contributed by atoms with Crippen molar-refractivity contribution in [1.29, 1.82) is 0 Å². The van der Waals surface area contributed by atoms with Gasteiger partial charge >= 0.3 is 0 Å². The third-order valence-corrected chi connectivity index (χ3v) is 8.97. The van der Waals surface area contributed by atoms with Crippen LogP contribution in [0.1, 0.15) is 74.7 Å². The largest absolute Gasteiger partial charge is 0.272 e. The molecule has 0 aliphatic heterocycles. The molecule has 0 saturated carbocycles. The summed E-state index contributed by atoms with van der Waals surface area (Å²) in [4.78, 5) is 0. The first kappa shape index (κ1) is 30.1. The maximum Gasteiger partial charge on any atom is 0.0425 e. The Morgan fingerprint density at radius 3 is 1.57 bits per heavy atom. The summed E-state index contributed by atoms with van der Waals surface area (Å²) in [6.07, 6.45) is 22.3. The Kier molecular flexibility index (Phi) is 19.1. The minimum atomic E-state index is -1.20. The quantitative estimate of drug-likeness (QED) is 0.183. The number of nitrogens with zero attached hydrogens (tertiary/aromatic N) is 1. The molecule has 1 aliphatic carbocycles. The van der Waals surface area contributed by atoms with Gasteiger partial charge in [0.1, 0.15) is 0 Å². The maximum atomic E-state index is 5.34. The number of allylic oxidation sites excluding steroid dienone is 7. The summed E-state index contributed by atoms with van der Waals surface area (Å²) in [6.45, 7) is 18.4. The third-order valence-electron chi connectivity index (χ3n) is 4.06. The fourth-order valence-electron chi connectivity index (χ4n) is 3.60. The smallest absolute Gasteiger partial charge is 0.0425 e. The van der Waals surface area contributed by atoms with Crippen LogP contribution in [0.2, 0.25) is 0 Å². The summed E-state index contributed by atoms with van der Waals surface area (Å²) >= 11 is 0. The monoisotopic (exact) mass is 439 g/mol. The van der Waals surface area contributed by atoms with Crippen LogP contribution < -0.4 is 0 Å². The number of hydrogen-bond acceptors (Lipinski definition) is 1. The molecule has 160 valence electrons. The fourth-order valence-corrected chi connectivity index (χ4v) is 9.06. The fraction of sp³-hybridized carbons (Fsp3) is 0.680. The normalized spacial score (nSPS) is 14.0. The Morgan fingerprint density at radius 1 is 0.857 bits per heavy atom. The Bertz CT molecular complexity index is 506. The second-order valence-electron chi connectivity index (χ2n) is 8.89. The molecule has 0 radical (unpaired) electrons. The van der Waals surface area contributed by atoms with Gasteiger partial charge in [-0.1, -0.05) is 91.8 Å². The number of hydrogen-bond donors (Lipinski definition) is 0. The van der Waals surface area contributed by atoms with Gasteiger partial charge in [0, 0.05) is 33.8 Å². The van der Waals surface area contributed by atoms with E-state index >= 15 is 0 Å². The van der Waals surface area contributed by atoms with Gasteiger partial charge in [0.15, 0.2) is 0 Å². The van der Waals surface area contributed by atoms with Gasteiger partial charge in [-0.05, 0) is 62.2 Å². The summed E-state index contributed by atoms with van der Waals surface area (Å²) in [7, 11) is -1.20. The van der Waals surface area contributed by atoms with Crippen molar-refractivity contribution in [2.45, 2.75) is 74.7 Å². The molecule has 0 spiro atoms. The zero-order chi connectivity index (χ0) is 20.7. The van der Waals surface area contributed by atoms with Crippen LogP contribution in [0.25, 0.3) is 0 Å². The molecule has 0 amide bonds. The summed E-state index contributed by atoms with van der Waals surface area (Å²) in [6, 6.07) is 0. The first-order valence-corrected chi connectivity index (χ1v) is 13.3. The molecule has 1 aliphatic rings. The van der Waals surface area contributed by atoms with E-state index in [1.165, 1.54) is 24.2 Å². The van der Waals surface area contributed by atoms with Gasteiger partial charge in [0.25, 0.3) is 0 Å². The third kappa shape index (κ3) is 15.8. The van der Waals surface area contributed by atoms with Crippen LogP contribution >= 0.6 is 7.05 Å². The van der Waals surface area contributed by atoms with Gasteiger partial charge < -0.3 is 0 Å². The van der Waals surface area contributed by atoms with E-state index in [-0.39, 0.29) is 21.7 Å². The van der Waals surface area contributed by atoms with Crippen LogP contribution in [0.3, 0.4) is 0 Å². The van der Waals surface area contributed by atoms with Crippen molar-refractivity contribution in [3.8, 4) is 0 Å². The molecule has 28 heavy (non-hydrogen) atoms. The molecule has 0 N–H and O–H groups in total. The van der Waals surface area contributed by atoms with Crippen molar-refractivity contribution in [3.63, 3.8) is 0 Å². The van der Waals surface area contributed by atoms with Gasteiger partial charge in [-0.25, -0.2) is 0 Å². The van der Waals surface area contributed by atoms with Crippen LogP contribution in [-0.4, -0.2) is 18.5 Å². The molecule has 3 heteroatoms. The summed E-state index contributed by atoms with van der Waals surface area (Å²) in [5.41, 5.74) is 1.33. The van der Waals surface area contributed by atoms with Crippen molar-refractivity contribution >= 4 is 7.05 Å². The van der Waals surface area contributed by atoms with Crippen LogP contribution in [0.4, 0.5) is 0 Å². The molecule has 0 unspecified atom stereocenters. The minimum absolute atomic E-state index is 0. The Hall–Kier alpha value is -0.0957. The van der Waals surface area contributed by atoms with Crippen LogP contribution in [-0.2, 0) is 21.7 Å². The van der Waals surface area contributed by atoms with E-state index in [1.807, 2.05) is 0 Å². The molecule has 0 atom stereocenters. The second-order valence-corrected chi connectivity index (χ2v) is 12.4. The average molecular weight is 439 g/mol. The first-order valence-electron chi connectivity index (χ1n) is 11.0. The van der Waals surface area contributed by atoms with Crippen molar-refractivity contribution in [2.75, 3.05) is 18.5 Å². The van der Waals surface area contributed by atoms with Crippen molar-refractivity contribution in [3.05, 3.63) is 48.2 Å². The van der Waals surface area contributed by atoms with Crippen LogP contribution in [0.15, 0.2) is 53.0 Å². The summed E-state index contributed by atoms with van der Waals surface area (Å²) in [5, 5.41) is 0. The van der Waals surface area contributed by atoms with Gasteiger partial charge in [0.05, 0.1) is 0 Å². The second kappa shape index (κ2) is 17.7. The molecule has 0 heterocycles. The molecule has 0 aromatic heterocycles. The van der Waals surface area contributed by atoms with E-state index in [4.69, 9.17) is 4.74 Å². The topological polar surface area (TPSA) is 12.4 Å². The molecule has 1 nitrogen and oxygen atoms in total. The maximum absolute atomic E-state index is 5.34. The zero-order valence-corrected chi connectivity index (χ0v) is 22.4. The van der Waals surface area contributed by atoms with Gasteiger partial charge in [-0.15, -0.1) is 0 Å². The van der Waals surface area contributed by atoms with Gasteiger partial charge in [-0.2, -0.15) is 0 Å². The van der Waals surface area contributed by atoms with Crippen molar-refractivity contribution < 1.29 is 21.7 Å². The van der Waals surface area contributed by atoms with E-state index in [1.54, 1.807) is 0 Å². The SMILES string of the molecule is CC(C)CP(CC(C)C)(CC(C)C)=NC1=CC=CC1.CCC=CC=CCC.[Ti]. The average Bonchev–Trinajstić information content (AvgIpc) is 3.02. The molecule has 1 rings (SSSR count). The molecule has 0 aromatic carbocycles. The van der Waals surface area contributed by atoms with E-state index < -0.39 is 7.05 Å². The molecular weight excluding hydrogens is 393 g/mol.